The van der Waals surface area contributed by atoms with Gasteiger partial charge < -0.3 is 4.90 Å². The van der Waals surface area contributed by atoms with Crippen LogP contribution in [0.4, 0.5) is 0 Å². The molecular formula is C27H28N4OS2. The van der Waals surface area contributed by atoms with Gasteiger partial charge in [-0.25, -0.2) is 0 Å². The van der Waals surface area contributed by atoms with Crippen molar-refractivity contribution < 1.29 is 4.79 Å². The van der Waals surface area contributed by atoms with Crippen molar-refractivity contribution in [3.63, 3.8) is 0 Å². The third-order valence-electron chi connectivity index (χ3n) is 6.30. The van der Waals surface area contributed by atoms with Crippen LogP contribution in [-0.4, -0.2) is 44.4 Å². The maximum absolute atomic E-state index is 13.0. The Morgan fingerprint density at radius 1 is 0.912 bits per heavy atom. The zero-order valence-corrected chi connectivity index (χ0v) is 20.7. The third-order valence-corrected chi connectivity index (χ3v) is 8.12. The zero-order chi connectivity index (χ0) is 23.2. The molecule has 1 fully saturated rings. The van der Waals surface area contributed by atoms with Crippen molar-refractivity contribution in [1.29, 1.82) is 0 Å². The molecule has 4 aromatic rings. The highest BCUT2D eigenvalue weighted by molar-refractivity contribution is 7.99. The van der Waals surface area contributed by atoms with Crippen LogP contribution in [0.25, 0.3) is 10.7 Å². The van der Waals surface area contributed by atoms with Crippen LogP contribution in [0.15, 0.2) is 83.3 Å². The molecule has 5 nitrogen and oxygen atoms in total. The van der Waals surface area contributed by atoms with Crippen molar-refractivity contribution in [1.82, 2.24) is 19.7 Å². The van der Waals surface area contributed by atoms with E-state index in [0.717, 1.165) is 48.2 Å². The quantitative estimate of drug-likeness (QED) is 0.302. The fourth-order valence-electron chi connectivity index (χ4n) is 4.44. The van der Waals surface area contributed by atoms with Gasteiger partial charge in [0.15, 0.2) is 11.0 Å². The summed E-state index contributed by atoms with van der Waals surface area (Å²) in [6, 6.07) is 25.1. The van der Waals surface area contributed by atoms with E-state index in [1.54, 1.807) is 11.3 Å². The van der Waals surface area contributed by atoms with E-state index >= 15 is 0 Å². The number of piperidine rings is 1. The second-order valence-corrected chi connectivity index (χ2v) is 10.5. The monoisotopic (exact) mass is 488 g/mol. The molecule has 174 valence electrons. The second kappa shape index (κ2) is 11.0. The summed E-state index contributed by atoms with van der Waals surface area (Å²) >= 11 is 3.15. The largest absolute Gasteiger partial charge is 0.342 e. The van der Waals surface area contributed by atoms with Crippen LogP contribution in [0.2, 0.25) is 0 Å². The number of thioether (sulfide) groups is 1. The van der Waals surface area contributed by atoms with Crippen molar-refractivity contribution in [2.75, 3.05) is 18.8 Å². The molecule has 3 heterocycles. The van der Waals surface area contributed by atoms with E-state index in [-0.39, 0.29) is 5.91 Å². The molecule has 1 saturated heterocycles. The summed E-state index contributed by atoms with van der Waals surface area (Å²) in [5, 5.41) is 11.8. The average Bonchev–Trinajstić information content (AvgIpc) is 3.54. The molecule has 0 bridgehead atoms. The first-order valence-corrected chi connectivity index (χ1v) is 13.6. The Balaban J connectivity index is 1.20. The molecular weight excluding hydrogens is 460 g/mol. The van der Waals surface area contributed by atoms with Gasteiger partial charge in [-0.3, -0.25) is 9.36 Å². The van der Waals surface area contributed by atoms with Gasteiger partial charge in [0.2, 0.25) is 5.91 Å². The van der Waals surface area contributed by atoms with Crippen molar-refractivity contribution in [3.8, 4) is 10.7 Å². The van der Waals surface area contributed by atoms with Crippen molar-refractivity contribution in [3.05, 3.63) is 89.3 Å². The number of likely N-dealkylation sites (tertiary alicyclic amines) is 1. The van der Waals surface area contributed by atoms with Crippen LogP contribution in [0, 0.1) is 5.92 Å². The van der Waals surface area contributed by atoms with Crippen LogP contribution < -0.4 is 0 Å². The maximum Gasteiger partial charge on any atom is 0.233 e. The van der Waals surface area contributed by atoms with Gasteiger partial charge in [-0.15, -0.1) is 21.5 Å². The summed E-state index contributed by atoms with van der Waals surface area (Å²) in [4.78, 5) is 16.1. The lowest BCUT2D eigenvalue weighted by atomic mass is 9.90. The standard InChI is InChI=1S/C27H28N4OS2/c32-25(30-15-13-22(14-16-30)18-21-8-3-1-4-9-21)20-34-27-29-28-26(24-12-7-17-33-24)31(27)19-23-10-5-2-6-11-23/h1-12,17,22H,13-16,18-20H2. The smallest absolute Gasteiger partial charge is 0.233 e. The molecule has 5 rings (SSSR count). The number of hydrogen-bond acceptors (Lipinski definition) is 5. The van der Waals surface area contributed by atoms with Crippen LogP contribution >= 0.6 is 23.1 Å². The van der Waals surface area contributed by atoms with Gasteiger partial charge in [0, 0.05) is 13.1 Å². The molecule has 1 amide bonds. The summed E-state index contributed by atoms with van der Waals surface area (Å²) < 4.78 is 2.13. The van der Waals surface area contributed by atoms with Gasteiger partial charge in [-0.1, -0.05) is 78.5 Å². The Hall–Kier alpha value is -2.90. The van der Waals surface area contributed by atoms with Crippen LogP contribution in [0.1, 0.15) is 24.0 Å². The van der Waals surface area contributed by atoms with Gasteiger partial charge in [-0.05, 0) is 47.8 Å². The highest BCUT2D eigenvalue weighted by Gasteiger charge is 2.24. The Morgan fingerprint density at radius 3 is 2.29 bits per heavy atom. The van der Waals surface area contributed by atoms with E-state index < -0.39 is 0 Å². The lowest BCUT2D eigenvalue weighted by molar-refractivity contribution is -0.129. The SMILES string of the molecule is O=C(CSc1nnc(-c2cccs2)n1Cc1ccccc1)N1CCC(Cc2ccccc2)CC1. The molecule has 0 unspecified atom stereocenters. The number of nitrogens with zero attached hydrogens (tertiary/aromatic N) is 4. The van der Waals surface area contributed by atoms with Gasteiger partial charge in [0.25, 0.3) is 0 Å². The minimum Gasteiger partial charge on any atom is -0.342 e. The molecule has 0 N–H and O–H groups in total. The first kappa shape index (κ1) is 22.9. The lowest BCUT2D eigenvalue weighted by Gasteiger charge is -2.32. The molecule has 0 saturated carbocycles. The topological polar surface area (TPSA) is 51.0 Å². The van der Waals surface area contributed by atoms with E-state index in [1.807, 2.05) is 29.2 Å². The molecule has 7 heteroatoms. The highest BCUT2D eigenvalue weighted by Crippen LogP contribution is 2.29. The van der Waals surface area contributed by atoms with E-state index in [1.165, 1.54) is 22.9 Å². The summed E-state index contributed by atoms with van der Waals surface area (Å²) in [5.41, 5.74) is 2.58. The Labute approximate surface area is 208 Å². The summed E-state index contributed by atoms with van der Waals surface area (Å²) in [6.45, 7) is 2.37. The number of carbonyl (C=O) groups excluding carboxylic acids is 1. The number of aromatic nitrogens is 3. The summed E-state index contributed by atoms with van der Waals surface area (Å²) in [6.07, 6.45) is 3.24. The van der Waals surface area contributed by atoms with E-state index in [0.29, 0.717) is 18.2 Å². The molecule has 0 atom stereocenters. The van der Waals surface area contributed by atoms with Crippen molar-refractivity contribution in [2.45, 2.75) is 31.0 Å². The normalized spacial score (nSPS) is 14.4. The Bertz CT molecular complexity index is 1180. The van der Waals surface area contributed by atoms with Crippen LogP contribution in [0.3, 0.4) is 0 Å². The molecule has 0 spiro atoms. The first-order valence-electron chi connectivity index (χ1n) is 11.7. The number of thiophene rings is 1. The first-order chi connectivity index (χ1) is 16.8. The molecule has 1 aliphatic heterocycles. The van der Waals surface area contributed by atoms with Crippen LogP contribution in [0.5, 0.6) is 0 Å². The molecule has 34 heavy (non-hydrogen) atoms. The van der Waals surface area contributed by atoms with Gasteiger partial charge in [0.1, 0.15) is 0 Å². The van der Waals surface area contributed by atoms with Gasteiger partial charge >= 0.3 is 0 Å². The molecule has 2 aromatic heterocycles. The zero-order valence-electron chi connectivity index (χ0n) is 19.0. The van der Waals surface area contributed by atoms with E-state index in [2.05, 4.69) is 68.7 Å². The Kier molecular flexibility index (Phi) is 7.41. The van der Waals surface area contributed by atoms with Crippen molar-refractivity contribution >= 4 is 29.0 Å². The molecule has 0 aliphatic carbocycles. The van der Waals surface area contributed by atoms with E-state index in [4.69, 9.17) is 0 Å². The maximum atomic E-state index is 13.0. The lowest BCUT2D eigenvalue weighted by Crippen LogP contribution is -2.39. The number of carbonyl (C=O) groups is 1. The minimum atomic E-state index is 0.190. The fraction of sp³-hybridized carbons (Fsp3) is 0.296. The van der Waals surface area contributed by atoms with Crippen molar-refractivity contribution in [2.24, 2.45) is 5.92 Å². The van der Waals surface area contributed by atoms with Crippen LogP contribution in [-0.2, 0) is 17.8 Å². The Morgan fingerprint density at radius 2 is 1.62 bits per heavy atom. The predicted octanol–water partition coefficient (Wildman–Crippen LogP) is 5.63. The minimum absolute atomic E-state index is 0.190. The predicted molar refractivity (Wildman–Crippen MR) is 139 cm³/mol. The highest BCUT2D eigenvalue weighted by atomic mass is 32.2. The third kappa shape index (κ3) is 5.59. The number of hydrogen-bond donors (Lipinski definition) is 0. The van der Waals surface area contributed by atoms with Gasteiger partial charge in [0.05, 0.1) is 17.2 Å². The average molecular weight is 489 g/mol. The molecule has 2 aromatic carbocycles. The number of benzene rings is 2. The fourth-order valence-corrected chi connectivity index (χ4v) is 6.00. The summed E-state index contributed by atoms with van der Waals surface area (Å²) in [5.74, 6) is 2.09. The summed E-state index contributed by atoms with van der Waals surface area (Å²) in [7, 11) is 0. The number of rotatable bonds is 8. The van der Waals surface area contributed by atoms with E-state index in [9.17, 15) is 4.79 Å². The number of amides is 1. The van der Waals surface area contributed by atoms with Gasteiger partial charge in [-0.2, -0.15) is 0 Å². The molecule has 0 radical (unpaired) electrons. The molecule has 1 aliphatic rings. The second-order valence-electron chi connectivity index (χ2n) is 8.66.